The van der Waals surface area contributed by atoms with Crippen LogP contribution in [0.2, 0.25) is 5.02 Å². The fraction of sp³-hybridized carbons (Fsp3) is 0.120. The number of nitrogens with one attached hydrogen (secondary N) is 1. The second-order valence-electron chi connectivity index (χ2n) is 8.19. The number of halogens is 4. The molecule has 36 heavy (non-hydrogen) atoms. The molecule has 4 aromatic heterocycles. The summed E-state index contributed by atoms with van der Waals surface area (Å²) in [7, 11) is 0. The first kappa shape index (κ1) is 23.6. The highest BCUT2D eigenvalue weighted by atomic mass is 35.5. The first-order valence-electron chi connectivity index (χ1n) is 10.8. The summed E-state index contributed by atoms with van der Waals surface area (Å²) >= 11 is 6.04. The lowest BCUT2D eigenvalue weighted by atomic mass is 10.0. The van der Waals surface area contributed by atoms with Crippen molar-refractivity contribution in [2.75, 3.05) is 5.73 Å². The summed E-state index contributed by atoms with van der Waals surface area (Å²) in [6.07, 6.45) is 0.220. The number of pyridine rings is 3. The number of amides is 1. The predicted molar refractivity (Wildman–Crippen MR) is 130 cm³/mol. The maximum absolute atomic E-state index is 13.3. The number of hydrogen-bond acceptors (Lipinski definition) is 5. The smallest absolute Gasteiger partial charge is 0.382 e. The Kier molecular flexibility index (Phi) is 5.97. The SMILES string of the molecule is Nc1nc(C(F)(F)F)n2cc(CNC(=O)c3ccnc(Cc4ccc5ncc(Cl)cc5c4)c3)ccc12. The van der Waals surface area contributed by atoms with E-state index >= 15 is 0 Å². The number of aromatic nitrogens is 4. The van der Waals surface area contributed by atoms with Gasteiger partial charge in [0.15, 0.2) is 0 Å². The van der Waals surface area contributed by atoms with Gasteiger partial charge >= 0.3 is 6.18 Å². The van der Waals surface area contributed by atoms with Gasteiger partial charge in [0, 0.05) is 48.2 Å². The number of imidazole rings is 1. The molecule has 0 aliphatic rings. The van der Waals surface area contributed by atoms with Crippen molar-refractivity contribution in [3.05, 3.63) is 100 Å². The molecule has 1 aromatic carbocycles. The number of carbonyl (C=O) groups excluding carboxylic acids is 1. The van der Waals surface area contributed by atoms with Crippen LogP contribution in [0, 0.1) is 0 Å². The Morgan fingerprint density at radius 3 is 2.67 bits per heavy atom. The lowest BCUT2D eigenvalue weighted by Crippen LogP contribution is -2.23. The Morgan fingerprint density at radius 2 is 1.86 bits per heavy atom. The summed E-state index contributed by atoms with van der Waals surface area (Å²) in [5, 5.41) is 4.18. The number of carbonyl (C=O) groups is 1. The Morgan fingerprint density at radius 1 is 1.06 bits per heavy atom. The van der Waals surface area contributed by atoms with Crippen molar-refractivity contribution in [3.8, 4) is 0 Å². The van der Waals surface area contributed by atoms with Gasteiger partial charge in [0.1, 0.15) is 5.82 Å². The van der Waals surface area contributed by atoms with Gasteiger partial charge in [-0.25, -0.2) is 4.98 Å². The number of nitrogens with zero attached hydrogens (tertiary/aromatic N) is 4. The molecule has 0 unspecified atom stereocenters. The van der Waals surface area contributed by atoms with E-state index in [4.69, 9.17) is 17.3 Å². The molecule has 0 aliphatic heterocycles. The Labute approximate surface area is 207 Å². The van der Waals surface area contributed by atoms with Gasteiger partial charge in [-0.15, -0.1) is 0 Å². The zero-order valence-corrected chi connectivity index (χ0v) is 19.3. The van der Waals surface area contributed by atoms with Crippen molar-refractivity contribution >= 4 is 39.7 Å². The first-order chi connectivity index (χ1) is 17.2. The van der Waals surface area contributed by atoms with Crippen LogP contribution in [-0.2, 0) is 19.1 Å². The van der Waals surface area contributed by atoms with Gasteiger partial charge in [-0.05, 0) is 47.5 Å². The summed E-state index contributed by atoms with van der Waals surface area (Å²) in [6.45, 7) is 0.0141. The van der Waals surface area contributed by atoms with Gasteiger partial charge in [-0.1, -0.05) is 23.7 Å². The molecular formula is C25H18ClF3N6O. The van der Waals surface area contributed by atoms with Crippen molar-refractivity contribution < 1.29 is 18.0 Å². The molecule has 0 bridgehead atoms. The molecule has 11 heteroatoms. The topological polar surface area (TPSA) is 98.2 Å². The van der Waals surface area contributed by atoms with Crippen molar-refractivity contribution in [1.82, 2.24) is 24.7 Å². The van der Waals surface area contributed by atoms with Crippen LogP contribution in [0.5, 0.6) is 0 Å². The van der Waals surface area contributed by atoms with E-state index in [1.54, 1.807) is 30.6 Å². The quantitative estimate of drug-likeness (QED) is 0.345. The summed E-state index contributed by atoms with van der Waals surface area (Å²) in [6, 6.07) is 13.9. The van der Waals surface area contributed by atoms with Gasteiger partial charge in [0.05, 0.1) is 16.1 Å². The number of nitrogens with two attached hydrogens (primary N) is 1. The highest BCUT2D eigenvalue weighted by Crippen LogP contribution is 2.31. The minimum atomic E-state index is -4.66. The number of alkyl halides is 3. The number of benzene rings is 1. The third kappa shape index (κ3) is 4.80. The molecule has 5 rings (SSSR count). The standard InChI is InChI=1S/C25H18ClF3N6O/c26-18-9-17-7-14(1-3-20(17)32-12-18)8-19-10-16(5-6-31-19)23(36)33-11-15-2-4-21-22(30)34-24(25(27,28)29)35(21)13-15/h1-7,9-10,12-13H,8,11,30H2,(H,33,36). The molecule has 7 nitrogen and oxygen atoms in total. The number of hydrogen-bond donors (Lipinski definition) is 2. The Bertz CT molecular complexity index is 1620. The normalized spacial score (nSPS) is 11.8. The molecule has 0 atom stereocenters. The van der Waals surface area contributed by atoms with Gasteiger partial charge in [-0.3, -0.25) is 19.2 Å². The number of rotatable bonds is 5. The van der Waals surface area contributed by atoms with Crippen molar-refractivity contribution in [3.63, 3.8) is 0 Å². The molecule has 0 saturated carbocycles. The van der Waals surface area contributed by atoms with E-state index in [0.717, 1.165) is 20.9 Å². The van der Waals surface area contributed by atoms with Crippen LogP contribution < -0.4 is 11.1 Å². The van der Waals surface area contributed by atoms with Crippen LogP contribution in [0.15, 0.2) is 67.1 Å². The highest BCUT2D eigenvalue weighted by molar-refractivity contribution is 6.31. The van der Waals surface area contributed by atoms with E-state index in [0.29, 0.717) is 28.3 Å². The minimum Gasteiger partial charge on any atom is -0.382 e. The monoisotopic (exact) mass is 510 g/mol. The van der Waals surface area contributed by atoms with Crippen LogP contribution in [0.4, 0.5) is 19.0 Å². The molecule has 4 heterocycles. The molecule has 182 valence electrons. The van der Waals surface area contributed by atoms with E-state index in [1.807, 2.05) is 24.3 Å². The number of anilines is 1. The van der Waals surface area contributed by atoms with Gasteiger partial charge in [-0.2, -0.15) is 13.2 Å². The molecular weight excluding hydrogens is 493 g/mol. The lowest BCUT2D eigenvalue weighted by Gasteiger charge is -2.09. The zero-order chi connectivity index (χ0) is 25.4. The van der Waals surface area contributed by atoms with E-state index in [9.17, 15) is 18.0 Å². The summed E-state index contributed by atoms with van der Waals surface area (Å²) in [5.74, 6) is -1.71. The van der Waals surface area contributed by atoms with E-state index < -0.39 is 12.0 Å². The van der Waals surface area contributed by atoms with Crippen LogP contribution in [-0.4, -0.2) is 25.3 Å². The number of nitrogen functional groups attached to an aromatic ring is 1. The largest absolute Gasteiger partial charge is 0.450 e. The fourth-order valence-electron chi connectivity index (χ4n) is 3.93. The third-order valence-electron chi connectivity index (χ3n) is 5.61. The molecule has 0 radical (unpaired) electrons. The average molecular weight is 511 g/mol. The maximum atomic E-state index is 13.3. The molecule has 5 aromatic rings. The van der Waals surface area contributed by atoms with Crippen LogP contribution in [0.1, 0.15) is 33.0 Å². The van der Waals surface area contributed by atoms with Crippen molar-refractivity contribution in [2.45, 2.75) is 19.1 Å². The van der Waals surface area contributed by atoms with Crippen LogP contribution >= 0.6 is 11.6 Å². The Balaban J connectivity index is 1.30. The van der Waals surface area contributed by atoms with Gasteiger partial charge < -0.3 is 11.1 Å². The zero-order valence-electron chi connectivity index (χ0n) is 18.6. The van der Waals surface area contributed by atoms with Crippen LogP contribution in [0.3, 0.4) is 0 Å². The van der Waals surface area contributed by atoms with Crippen molar-refractivity contribution in [2.24, 2.45) is 0 Å². The van der Waals surface area contributed by atoms with Gasteiger partial charge in [0.25, 0.3) is 5.91 Å². The fourth-order valence-corrected chi connectivity index (χ4v) is 4.10. The molecule has 0 fully saturated rings. The van der Waals surface area contributed by atoms with Crippen molar-refractivity contribution in [1.29, 1.82) is 0 Å². The first-order valence-corrected chi connectivity index (χ1v) is 11.2. The second kappa shape index (κ2) is 9.12. The Hall–Kier alpha value is -4.18. The van der Waals surface area contributed by atoms with E-state index in [2.05, 4.69) is 20.3 Å². The van der Waals surface area contributed by atoms with Gasteiger partial charge in [0.2, 0.25) is 5.82 Å². The summed E-state index contributed by atoms with van der Waals surface area (Å²) in [4.78, 5) is 24.8. The predicted octanol–water partition coefficient (Wildman–Crippen LogP) is 5.05. The van der Waals surface area contributed by atoms with E-state index in [1.165, 1.54) is 12.3 Å². The maximum Gasteiger partial charge on any atom is 0.450 e. The summed E-state index contributed by atoms with van der Waals surface area (Å²) < 4.78 is 40.7. The average Bonchev–Trinajstić information content (AvgIpc) is 3.19. The third-order valence-corrected chi connectivity index (χ3v) is 5.82. The summed E-state index contributed by atoms with van der Waals surface area (Å²) in [5.41, 5.74) is 9.07. The highest BCUT2D eigenvalue weighted by Gasteiger charge is 2.37. The molecule has 0 saturated heterocycles. The molecule has 0 aliphatic carbocycles. The molecule has 1 amide bonds. The number of fused-ring (bicyclic) bond motifs is 2. The molecule has 0 spiro atoms. The second-order valence-corrected chi connectivity index (χ2v) is 8.62. The molecule has 3 N–H and O–H groups in total. The minimum absolute atomic E-state index is 0.0141. The van der Waals surface area contributed by atoms with Crippen LogP contribution in [0.25, 0.3) is 16.4 Å². The van der Waals surface area contributed by atoms with E-state index in [-0.39, 0.29) is 23.8 Å². The lowest BCUT2D eigenvalue weighted by molar-refractivity contribution is -0.145.